The van der Waals surface area contributed by atoms with Crippen LogP contribution >= 0.6 is 0 Å². The summed E-state index contributed by atoms with van der Waals surface area (Å²) in [5, 5.41) is 9.53. The molecule has 4 rings (SSSR count). The first-order chi connectivity index (χ1) is 16.0. The van der Waals surface area contributed by atoms with E-state index < -0.39 is 0 Å². The van der Waals surface area contributed by atoms with Crippen LogP contribution in [0.4, 0.5) is 5.69 Å². The van der Waals surface area contributed by atoms with Crippen molar-refractivity contribution in [2.24, 2.45) is 0 Å². The van der Waals surface area contributed by atoms with Gasteiger partial charge in [0.05, 0.1) is 6.07 Å². The number of nitrogens with zero attached hydrogens (tertiary/aromatic N) is 2. The number of benzene rings is 2. The quantitative estimate of drug-likeness (QED) is 0.294. The zero-order valence-electron chi connectivity index (χ0n) is 20.6. The van der Waals surface area contributed by atoms with Crippen molar-refractivity contribution < 1.29 is 4.74 Å². The van der Waals surface area contributed by atoms with E-state index in [4.69, 9.17) is 4.74 Å². The van der Waals surface area contributed by atoms with Crippen LogP contribution in [0.1, 0.15) is 88.8 Å². The minimum absolute atomic E-state index is 0.0827. The number of anilines is 1. The molecule has 0 spiro atoms. The van der Waals surface area contributed by atoms with Crippen molar-refractivity contribution in [1.29, 1.82) is 5.26 Å². The first kappa shape index (κ1) is 23.4. The normalized spacial score (nSPS) is 18.7. The Bertz CT molecular complexity index is 1020. The third-order valence-electron chi connectivity index (χ3n) is 7.46. The molecule has 2 aromatic rings. The number of rotatable bonds is 9. The molecular formula is C30H38N2O. The summed E-state index contributed by atoms with van der Waals surface area (Å²) in [7, 11) is 0. The van der Waals surface area contributed by atoms with Crippen LogP contribution in [0, 0.1) is 11.3 Å². The Morgan fingerprint density at radius 1 is 1.15 bits per heavy atom. The average molecular weight is 443 g/mol. The number of hydrogen-bond donors (Lipinski definition) is 0. The average Bonchev–Trinajstić information content (AvgIpc) is 3.30. The topological polar surface area (TPSA) is 36.3 Å². The first-order valence-electron chi connectivity index (χ1n) is 12.7. The van der Waals surface area contributed by atoms with Crippen LogP contribution in [0.5, 0.6) is 5.75 Å². The molecule has 2 aliphatic heterocycles. The minimum atomic E-state index is 0.0827. The summed E-state index contributed by atoms with van der Waals surface area (Å²) in [6.07, 6.45) is 11.4. The summed E-state index contributed by atoms with van der Waals surface area (Å²) in [4.78, 5) is 2.58. The van der Waals surface area contributed by atoms with Gasteiger partial charge in [-0.3, -0.25) is 0 Å². The number of hydrogen-bond acceptors (Lipinski definition) is 3. The third kappa shape index (κ3) is 5.27. The highest BCUT2D eigenvalue weighted by atomic mass is 16.5. The van der Waals surface area contributed by atoms with E-state index in [9.17, 15) is 5.26 Å². The Balaban J connectivity index is 1.74. The van der Waals surface area contributed by atoms with Crippen LogP contribution < -0.4 is 9.64 Å². The lowest BCUT2D eigenvalue weighted by molar-refractivity contribution is 0.303. The van der Waals surface area contributed by atoms with Crippen LogP contribution in [0.25, 0.3) is 5.57 Å². The molecule has 0 aromatic heterocycles. The van der Waals surface area contributed by atoms with Crippen molar-refractivity contribution in [3.63, 3.8) is 0 Å². The Morgan fingerprint density at radius 2 is 1.97 bits per heavy atom. The Labute approximate surface area is 200 Å². The lowest BCUT2D eigenvalue weighted by Crippen LogP contribution is -2.34. The number of unbranched alkanes of at least 4 members (excludes halogenated alkanes) is 3. The smallest absolute Gasteiger partial charge is 0.129 e. The third-order valence-corrected chi connectivity index (χ3v) is 7.46. The monoisotopic (exact) mass is 442 g/mol. The van der Waals surface area contributed by atoms with Crippen molar-refractivity contribution in [2.45, 2.75) is 90.2 Å². The maximum atomic E-state index is 9.53. The molecule has 33 heavy (non-hydrogen) atoms. The molecule has 0 N–H and O–H groups in total. The van der Waals surface area contributed by atoms with Gasteiger partial charge in [0.15, 0.2) is 0 Å². The van der Waals surface area contributed by atoms with Gasteiger partial charge in [-0.25, -0.2) is 0 Å². The van der Waals surface area contributed by atoms with Gasteiger partial charge in [0, 0.05) is 29.9 Å². The Kier molecular flexibility index (Phi) is 7.43. The maximum absolute atomic E-state index is 9.53. The van der Waals surface area contributed by atoms with Gasteiger partial charge in [0.25, 0.3) is 0 Å². The molecule has 1 unspecified atom stereocenters. The molecule has 3 nitrogen and oxygen atoms in total. The van der Waals surface area contributed by atoms with Crippen LogP contribution in [0.2, 0.25) is 0 Å². The predicted octanol–water partition coefficient (Wildman–Crippen LogP) is 7.79. The second-order valence-electron chi connectivity index (χ2n) is 10.3. The Morgan fingerprint density at radius 3 is 2.73 bits per heavy atom. The van der Waals surface area contributed by atoms with Crippen molar-refractivity contribution in [3.05, 3.63) is 65.2 Å². The molecule has 0 radical (unpaired) electrons. The van der Waals surface area contributed by atoms with E-state index in [2.05, 4.69) is 68.1 Å². The fourth-order valence-corrected chi connectivity index (χ4v) is 5.46. The largest absolute Gasteiger partial charge is 0.488 e. The van der Waals surface area contributed by atoms with Gasteiger partial charge in [0.2, 0.25) is 0 Å². The summed E-state index contributed by atoms with van der Waals surface area (Å²) in [6.45, 7) is 8.65. The highest BCUT2D eigenvalue weighted by Crippen LogP contribution is 2.48. The van der Waals surface area contributed by atoms with Crippen LogP contribution in [0.3, 0.4) is 0 Å². The number of allylic oxidation sites excluding steroid dienone is 1. The van der Waals surface area contributed by atoms with Crippen LogP contribution in [0.15, 0.2) is 48.5 Å². The molecule has 2 heterocycles. The summed E-state index contributed by atoms with van der Waals surface area (Å²) >= 11 is 0. The fourth-order valence-electron chi connectivity index (χ4n) is 5.46. The maximum Gasteiger partial charge on any atom is 0.129 e. The molecule has 3 heteroatoms. The first-order valence-corrected chi connectivity index (χ1v) is 12.7. The van der Waals surface area contributed by atoms with Crippen LogP contribution in [-0.4, -0.2) is 12.6 Å². The molecule has 1 atom stereocenters. The number of ether oxygens (including phenoxy) is 1. The Hall–Kier alpha value is -2.73. The predicted molar refractivity (Wildman–Crippen MR) is 138 cm³/mol. The van der Waals surface area contributed by atoms with Crippen molar-refractivity contribution in [3.8, 4) is 11.8 Å². The lowest BCUT2D eigenvalue weighted by Gasteiger charge is -2.38. The van der Waals surface area contributed by atoms with E-state index in [0.717, 1.165) is 35.4 Å². The summed E-state index contributed by atoms with van der Waals surface area (Å²) in [5.74, 6) is 0.930. The molecule has 1 saturated heterocycles. The number of fused-ring (bicyclic) bond motifs is 3. The molecule has 2 aromatic carbocycles. The molecule has 174 valence electrons. The molecular weight excluding hydrogens is 404 g/mol. The second-order valence-corrected chi connectivity index (χ2v) is 10.3. The summed E-state index contributed by atoms with van der Waals surface area (Å²) in [6, 6.07) is 17.8. The van der Waals surface area contributed by atoms with E-state index in [1.165, 1.54) is 56.2 Å². The number of nitriles is 1. The standard InChI is InChI=1S/C30H38N2O/c1-4-5-6-10-16-30(2,3)25-20-27-29(24(15-17-31)19-26-14-11-18-32(26)27)28(21-25)33-22-23-12-8-7-9-13-23/h7-9,12-13,15,20-21,26H,4-6,10-11,14,16,18-19,22H2,1-3H3/b24-15-. The van der Waals surface area contributed by atoms with E-state index in [0.29, 0.717) is 12.6 Å². The van der Waals surface area contributed by atoms with E-state index in [1.54, 1.807) is 6.08 Å². The molecule has 2 aliphatic rings. The van der Waals surface area contributed by atoms with Crippen molar-refractivity contribution in [2.75, 3.05) is 11.4 Å². The highest BCUT2D eigenvalue weighted by molar-refractivity contribution is 5.86. The lowest BCUT2D eigenvalue weighted by atomic mass is 9.78. The molecule has 0 aliphatic carbocycles. The SMILES string of the molecule is CCCCCCC(C)(C)c1cc(OCc2ccccc2)c2c(c1)N1CCCC1C/C2=C/C#N. The van der Waals surface area contributed by atoms with Gasteiger partial charge in [-0.15, -0.1) is 0 Å². The van der Waals surface area contributed by atoms with E-state index in [1.807, 2.05) is 6.07 Å². The second kappa shape index (κ2) is 10.5. The molecule has 0 amide bonds. The van der Waals surface area contributed by atoms with Gasteiger partial charge < -0.3 is 9.64 Å². The van der Waals surface area contributed by atoms with Crippen LogP contribution in [-0.2, 0) is 12.0 Å². The molecule has 0 bridgehead atoms. The molecule has 0 saturated carbocycles. The van der Waals surface area contributed by atoms with Gasteiger partial charge in [0.1, 0.15) is 12.4 Å². The van der Waals surface area contributed by atoms with E-state index >= 15 is 0 Å². The zero-order valence-corrected chi connectivity index (χ0v) is 20.6. The highest BCUT2D eigenvalue weighted by Gasteiger charge is 2.36. The summed E-state index contributed by atoms with van der Waals surface area (Å²) < 4.78 is 6.52. The molecule has 1 fully saturated rings. The van der Waals surface area contributed by atoms with Crippen molar-refractivity contribution in [1.82, 2.24) is 0 Å². The summed E-state index contributed by atoms with van der Waals surface area (Å²) in [5.41, 5.74) is 6.13. The van der Waals surface area contributed by atoms with Crippen molar-refractivity contribution >= 4 is 11.3 Å². The van der Waals surface area contributed by atoms with Gasteiger partial charge >= 0.3 is 0 Å². The van der Waals surface area contributed by atoms with Gasteiger partial charge in [-0.05, 0) is 59.9 Å². The minimum Gasteiger partial charge on any atom is -0.488 e. The zero-order chi connectivity index (χ0) is 23.3. The van der Waals surface area contributed by atoms with Gasteiger partial charge in [-0.1, -0.05) is 76.8 Å². The van der Waals surface area contributed by atoms with E-state index in [-0.39, 0.29) is 5.41 Å². The fraction of sp³-hybridized carbons (Fsp3) is 0.500. The van der Waals surface area contributed by atoms with Gasteiger partial charge in [-0.2, -0.15) is 5.26 Å².